The molecule has 1 saturated heterocycles. The third-order valence-electron chi connectivity index (χ3n) is 5.77. The van der Waals surface area contributed by atoms with Gasteiger partial charge in [0.2, 0.25) is 21.8 Å². The maximum atomic E-state index is 13.0. The zero-order valence-electron chi connectivity index (χ0n) is 18.0. The van der Waals surface area contributed by atoms with Crippen molar-refractivity contribution in [1.82, 2.24) is 4.31 Å². The number of sulfonamides is 1. The van der Waals surface area contributed by atoms with E-state index < -0.39 is 15.9 Å². The topological polar surface area (TPSA) is 96.0 Å². The molecule has 0 aromatic heterocycles. The summed E-state index contributed by atoms with van der Waals surface area (Å²) in [6, 6.07) is 11.8. The van der Waals surface area contributed by atoms with E-state index in [1.165, 1.54) is 15.3 Å². The summed E-state index contributed by atoms with van der Waals surface area (Å²) in [5, 5.41) is 2.79. The number of piperidine rings is 1. The molecule has 1 fully saturated rings. The summed E-state index contributed by atoms with van der Waals surface area (Å²) in [5.74, 6) is -0.0640. The van der Waals surface area contributed by atoms with Gasteiger partial charge in [0.25, 0.3) is 0 Å². The fourth-order valence-electron chi connectivity index (χ4n) is 3.98. The Bertz CT molecular complexity index is 1130. The number of carbonyl (C=O) groups excluding carboxylic acids is 2. The largest absolute Gasteiger partial charge is 0.491 e. The van der Waals surface area contributed by atoms with Gasteiger partial charge in [-0.25, -0.2) is 8.42 Å². The lowest BCUT2D eigenvalue weighted by atomic mass is 10.2. The second kappa shape index (κ2) is 9.30. The Hall–Kier alpha value is -2.91. The lowest BCUT2D eigenvalue weighted by Crippen LogP contribution is -2.38. The Morgan fingerprint density at radius 2 is 1.84 bits per heavy atom. The number of benzene rings is 2. The van der Waals surface area contributed by atoms with Gasteiger partial charge >= 0.3 is 0 Å². The molecule has 0 unspecified atom stereocenters. The molecule has 0 saturated carbocycles. The number of nitrogens with one attached hydrogen (secondary N) is 1. The minimum atomic E-state index is -3.62. The number of nitrogens with zero attached hydrogens (tertiary/aromatic N) is 2. The van der Waals surface area contributed by atoms with Gasteiger partial charge in [-0.15, -0.1) is 0 Å². The first-order valence-corrected chi connectivity index (χ1v) is 12.2. The van der Waals surface area contributed by atoms with Crippen molar-refractivity contribution in [1.29, 1.82) is 0 Å². The number of para-hydroxylation sites is 2. The van der Waals surface area contributed by atoms with E-state index in [4.69, 9.17) is 4.74 Å². The van der Waals surface area contributed by atoms with Crippen LogP contribution in [0.4, 0.5) is 11.4 Å². The second-order valence-electron chi connectivity index (χ2n) is 8.04. The molecule has 0 radical (unpaired) electrons. The number of carbonyl (C=O) groups is 2. The number of rotatable bonds is 5. The summed E-state index contributed by atoms with van der Waals surface area (Å²) in [7, 11) is -3.62. The van der Waals surface area contributed by atoms with Gasteiger partial charge in [0.1, 0.15) is 12.3 Å². The monoisotopic (exact) mass is 457 g/mol. The number of anilines is 2. The van der Waals surface area contributed by atoms with Crippen molar-refractivity contribution in [2.24, 2.45) is 0 Å². The minimum absolute atomic E-state index is 0.157. The fourth-order valence-corrected chi connectivity index (χ4v) is 5.52. The molecular weight excluding hydrogens is 430 g/mol. The predicted octanol–water partition coefficient (Wildman–Crippen LogP) is 2.92. The van der Waals surface area contributed by atoms with Crippen molar-refractivity contribution < 1.29 is 22.7 Å². The molecule has 2 aliphatic heterocycles. The van der Waals surface area contributed by atoms with Gasteiger partial charge in [0, 0.05) is 18.8 Å². The molecule has 2 aromatic carbocycles. The van der Waals surface area contributed by atoms with E-state index in [0.717, 1.165) is 24.8 Å². The van der Waals surface area contributed by atoms with Crippen LogP contribution in [-0.2, 0) is 19.6 Å². The minimum Gasteiger partial charge on any atom is -0.491 e. The smallest absolute Gasteiger partial charge is 0.244 e. The molecular formula is C23H27N3O5S. The van der Waals surface area contributed by atoms with E-state index in [2.05, 4.69) is 5.32 Å². The zero-order valence-corrected chi connectivity index (χ0v) is 18.9. The van der Waals surface area contributed by atoms with Gasteiger partial charge in [-0.1, -0.05) is 24.6 Å². The fraction of sp³-hybridized carbons (Fsp3) is 0.391. The molecule has 1 N–H and O–H groups in total. The number of aryl methyl sites for hydroxylation is 1. The highest BCUT2D eigenvalue weighted by Gasteiger charge is 2.28. The third-order valence-corrected chi connectivity index (χ3v) is 7.66. The molecule has 0 spiro atoms. The predicted molar refractivity (Wildman–Crippen MR) is 121 cm³/mol. The SMILES string of the molecule is Cc1ccc(S(=O)(=O)N2CCCCC2)cc1NC(=O)CN1C(=O)CCOc2ccccc21. The summed E-state index contributed by atoms with van der Waals surface area (Å²) in [6.07, 6.45) is 2.91. The maximum absolute atomic E-state index is 13.0. The second-order valence-corrected chi connectivity index (χ2v) is 9.97. The van der Waals surface area contributed by atoms with Crippen LogP contribution in [-0.4, -0.2) is 50.8 Å². The van der Waals surface area contributed by atoms with E-state index in [-0.39, 0.29) is 30.4 Å². The Morgan fingerprint density at radius 3 is 2.62 bits per heavy atom. The van der Waals surface area contributed by atoms with Crippen molar-refractivity contribution in [3.05, 3.63) is 48.0 Å². The molecule has 0 bridgehead atoms. The molecule has 2 heterocycles. The first-order chi connectivity index (χ1) is 15.4. The van der Waals surface area contributed by atoms with Crippen LogP contribution in [0, 0.1) is 6.92 Å². The molecule has 2 aromatic rings. The van der Waals surface area contributed by atoms with Crippen molar-refractivity contribution in [2.75, 3.05) is 36.5 Å². The molecule has 2 aliphatic rings. The summed E-state index contributed by atoms with van der Waals surface area (Å²) in [5.41, 5.74) is 1.70. The number of ether oxygens (including phenoxy) is 1. The molecule has 8 nitrogen and oxygen atoms in total. The summed E-state index contributed by atoms with van der Waals surface area (Å²) < 4.78 is 33.1. The lowest BCUT2D eigenvalue weighted by molar-refractivity contribution is -0.121. The lowest BCUT2D eigenvalue weighted by Gasteiger charge is -2.26. The molecule has 170 valence electrons. The van der Waals surface area contributed by atoms with Crippen molar-refractivity contribution in [3.63, 3.8) is 0 Å². The van der Waals surface area contributed by atoms with Gasteiger partial charge < -0.3 is 10.1 Å². The highest BCUT2D eigenvalue weighted by Crippen LogP contribution is 2.31. The number of hydrogen-bond acceptors (Lipinski definition) is 5. The molecule has 2 amide bonds. The summed E-state index contributed by atoms with van der Waals surface area (Å²) >= 11 is 0. The maximum Gasteiger partial charge on any atom is 0.244 e. The van der Waals surface area contributed by atoms with Gasteiger partial charge in [-0.05, 0) is 49.6 Å². The van der Waals surface area contributed by atoms with Crippen LogP contribution < -0.4 is 15.0 Å². The van der Waals surface area contributed by atoms with Crippen LogP contribution in [0.25, 0.3) is 0 Å². The number of fused-ring (bicyclic) bond motifs is 1. The van der Waals surface area contributed by atoms with Crippen LogP contribution >= 0.6 is 0 Å². The molecule has 0 aliphatic carbocycles. The van der Waals surface area contributed by atoms with Crippen molar-refractivity contribution >= 4 is 33.2 Å². The van der Waals surface area contributed by atoms with Crippen molar-refractivity contribution in [3.8, 4) is 5.75 Å². The van der Waals surface area contributed by atoms with E-state index in [1.54, 1.807) is 37.3 Å². The molecule has 32 heavy (non-hydrogen) atoms. The molecule has 4 rings (SSSR count). The number of amides is 2. The Labute approximate surface area is 188 Å². The number of hydrogen-bond donors (Lipinski definition) is 1. The Morgan fingerprint density at radius 1 is 1.09 bits per heavy atom. The normalized spacial score (nSPS) is 17.3. The Balaban J connectivity index is 1.54. The van der Waals surface area contributed by atoms with Gasteiger partial charge in [0.15, 0.2) is 0 Å². The van der Waals surface area contributed by atoms with Crippen molar-refractivity contribution in [2.45, 2.75) is 37.5 Å². The summed E-state index contributed by atoms with van der Waals surface area (Å²) in [6.45, 7) is 2.88. The van der Waals surface area contributed by atoms with Crippen LogP contribution in [0.1, 0.15) is 31.2 Å². The van der Waals surface area contributed by atoms with Gasteiger partial charge in [-0.3, -0.25) is 14.5 Å². The quantitative estimate of drug-likeness (QED) is 0.745. The van der Waals surface area contributed by atoms with Crippen LogP contribution in [0.5, 0.6) is 5.75 Å². The van der Waals surface area contributed by atoms with Crippen LogP contribution in [0.3, 0.4) is 0 Å². The standard InChI is InChI=1S/C23H27N3O5S/c1-17-9-10-18(32(29,30)25-12-5-2-6-13-25)15-19(17)24-22(27)16-26-20-7-3-4-8-21(20)31-14-11-23(26)28/h3-4,7-10,15H,2,5-6,11-14,16H2,1H3,(H,24,27). The average Bonchev–Trinajstić information content (AvgIpc) is 2.94. The molecule has 0 atom stereocenters. The molecule has 9 heteroatoms. The Kier molecular flexibility index (Phi) is 6.48. The first kappa shape index (κ1) is 22.3. The van der Waals surface area contributed by atoms with Crippen LogP contribution in [0.15, 0.2) is 47.4 Å². The van der Waals surface area contributed by atoms with E-state index in [9.17, 15) is 18.0 Å². The van der Waals surface area contributed by atoms with Crippen LogP contribution in [0.2, 0.25) is 0 Å². The highest BCUT2D eigenvalue weighted by atomic mass is 32.2. The third kappa shape index (κ3) is 4.63. The van der Waals surface area contributed by atoms with E-state index >= 15 is 0 Å². The van der Waals surface area contributed by atoms with Gasteiger partial charge in [0.05, 0.1) is 23.6 Å². The average molecular weight is 458 g/mol. The van der Waals surface area contributed by atoms with E-state index in [0.29, 0.717) is 30.2 Å². The highest BCUT2D eigenvalue weighted by molar-refractivity contribution is 7.89. The first-order valence-electron chi connectivity index (χ1n) is 10.8. The summed E-state index contributed by atoms with van der Waals surface area (Å²) in [4.78, 5) is 27.0. The zero-order chi connectivity index (χ0) is 22.7. The van der Waals surface area contributed by atoms with Gasteiger partial charge in [-0.2, -0.15) is 4.31 Å². The van der Waals surface area contributed by atoms with E-state index in [1.807, 2.05) is 6.07 Å².